The number of aromatic amines is 1. The number of hydrogen-bond acceptors (Lipinski definition) is 3. The fourth-order valence-corrected chi connectivity index (χ4v) is 2.87. The van der Waals surface area contributed by atoms with E-state index in [4.69, 9.17) is 5.26 Å². The number of nitrogens with one attached hydrogen (secondary N) is 1. The van der Waals surface area contributed by atoms with E-state index in [1.54, 1.807) is 0 Å². The van der Waals surface area contributed by atoms with Crippen molar-refractivity contribution in [3.8, 4) is 6.07 Å². The van der Waals surface area contributed by atoms with Crippen molar-refractivity contribution in [3.05, 3.63) is 53.7 Å². The normalized spacial score (nSPS) is 10.5. The van der Waals surface area contributed by atoms with Crippen molar-refractivity contribution < 1.29 is 0 Å². The summed E-state index contributed by atoms with van der Waals surface area (Å²) in [5.41, 5.74) is 2.61. The van der Waals surface area contributed by atoms with Gasteiger partial charge in [-0.1, -0.05) is 30.0 Å². The molecule has 2 aromatic heterocycles. The van der Waals surface area contributed by atoms with Gasteiger partial charge in [-0.3, -0.25) is 0 Å². The van der Waals surface area contributed by atoms with Crippen LogP contribution in [0, 0.1) is 18.3 Å². The number of nitriles is 1. The highest BCUT2D eigenvalue weighted by atomic mass is 32.2. The van der Waals surface area contributed by atoms with E-state index < -0.39 is 0 Å². The lowest BCUT2D eigenvalue weighted by atomic mass is 10.3. The molecule has 0 fully saturated rings. The van der Waals surface area contributed by atoms with Gasteiger partial charge in [0.25, 0.3) is 0 Å². The summed E-state index contributed by atoms with van der Waals surface area (Å²) in [6.07, 6.45) is 0. The molecular weight excluding hydrogens is 254 g/mol. The van der Waals surface area contributed by atoms with Crippen LogP contribution in [0.2, 0.25) is 0 Å². The fourth-order valence-electron chi connectivity index (χ4n) is 1.90. The summed E-state index contributed by atoms with van der Waals surface area (Å²) < 4.78 is 0. The van der Waals surface area contributed by atoms with Gasteiger partial charge in [-0.25, -0.2) is 4.98 Å². The number of hydrogen-bond donors (Lipinski definition) is 1. The number of aromatic nitrogens is 2. The van der Waals surface area contributed by atoms with Crippen LogP contribution in [0.3, 0.4) is 0 Å². The van der Waals surface area contributed by atoms with Crippen LogP contribution in [0.4, 0.5) is 0 Å². The monoisotopic (exact) mass is 265 g/mol. The summed E-state index contributed by atoms with van der Waals surface area (Å²) >= 11 is 1.49. The molecule has 0 saturated carbocycles. The Hall–Kier alpha value is -2.25. The van der Waals surface area contributed by atoms with E-state index in [-0.39, 0.29) is 0 Å². The van der Waals surface area contributed by atoms with Crippen LogP contribution in [0.15, 0.2) is 52.5 Å². The molecule has 3 nitrogen and oxygen atoms in total. The molecule has 0 bridgehead atoms. The fraction of sp³-hybridized carbons (Fsp3) is 0.0667. The summed E-state index contributed by atoms with van der Waals surface area (Å²) in [4.78, 5) is 7.76. The largest absolute Gasteiger partial charge is 0.349 e. The highest BCUT2D eigenvalue weighted by Crippen LogP contribution is 2.30. The topological polar surface area (TPSA) is 52.5 Å². The Kier molecular flexibility index (Phi) is 2.98. The van der Waals surface area contributed by atoms with Crippen LogP contribution in [0.25, 0.3) is 10.9 Å². The number of pyridine rings is 1. The molecule has 0 unspecified atom stereocenters. The van der Waals surface area contributed by atoms with E-state index in [1.807, 2.05) is 37.3 Å². The summed E-state index contributed by atoms with van der Waals surface area (Å²) in [5.74, 6) is 0. The molecule has 0 radical (unpaired) electrons. The number of para-hydroxylation sites is 1. The van der Waals surface area contributed by atoms with Gasteiger partial charge in [-0.05, 0) is 31.2 Å². The maximum atomic E-state index is 9.11. The first kappa shape index (κ1) is 11.8. The summed E-state index contributed by atoms with van der Waals surface area (Å²) in [5, 5.41) is 12.0. The minimum Gasteiger partial charge on any atom is -0.349 e. The van der Waals surface area contributed by atoms with Crippen LogP contribution in [0.5, 0.6) is 0 Å². The van der Waals surface area contributed by atoms with E-state index >= 15 is 0 Å². The molecule has 0 spiro atoms. The highest BCUT2D eigenvalue weighted by Gasteiger charge is 2.08. The van der Waals surface area contributed by atoms with Gasteiger partial charge in [0.05, 0.1) is 10.6 Å². The third kappa shape index (κ3) is 2.33. The molecule has 0 amide bonds. The Morgan fingerprint density at radius 1 is 1.21 bits per heavy atom. The number of benzene rings is 1. The number of aryl methyl sites for hydroxylation is 1. The molecule has 0 atom stereocenters. The SMILES string of the molecule is Cc1ccc(C#N)c(Sc2cc3ccccc3[nH]2)n1. The van der Waals surface area contributed by atoms with Gasteiger partial charge in [0.15, 0.2) is 0 Å². The molecule has 0 aliphatic carbocycles. The second-order valence-electron chi connectivity index (χ2n) is 4.24. The van der Waals surface area contributed by atoms with Crippen LogP contribution in [-0.2, 0) is 0 Å². The van der Waals surface area contributed by atoms with E-state index in [2.05, 4.69) is 28.2 Å². The van der Waals surface area contributed by atoms with Gasteiger partial charge < -0.3 is 4.98 Å². The average Bonchev–Trinajstić information content (AvgIpc) is 2.81. The third-order valence-electron chi connectivity index (χ3n) is 2.83. The predicted octanol–water partition coefficient (Wildman–Crippen LogP) is 3.89. The van der Waals surface area contributed by atoms with Gasteiger partial charge in [0, 0.05) is 16.6 Å². The van der Waals surface area contributed by atoms with E-state index in [9.17, 15) is 0 Å². The van der Waals surface area contributed by atoms with E-state index in [0.29, 0.717) is 5.56 Å². The molecule has 4 heteroatoms. The molecule has 1 N–H and O–H groups in total. The second-order valence-corrected chi connectivity index (χ2v) is 5.27. The molecular formula is C15H11N3S. The van der Waals surface area contributed by atoms with Gasteiger partial charge in [0.2, 0.25) is 0 Å². The van der Waals surface area contributed by atoms with Crippen molar-refractivity contribution in [2.24, 2.45) is 0 Å². The Morgan fingerprint density at radius 2 is 2.05 bits per heavy atom. The first-order valence-electron chi connectivity index (χ1n) is 5.89. The standard InChI is InChI=1S/C15H11N3S/c1-10-6-7-12(9-16)15(17-10)19-14-8-11-4-2-3-5-13(11)18-14/h2-8,18H,1H3. The molecule has 0 aliphatic rings. The molecule has 1 aromatic carbocycles. The number of fused-ring (bicyclic) bond motifs is 1. The lowest BCUT2D eigenvalue weighted by Crippen LogP contribution is -1.89. The number of H-pyrrole nitrogens is 1. The van der Waals surface area contributed by atoms with Gasteiger partial charge in [-0.2, -0.15) is 5.26 Å². The molecule has 19 heavy (non-hydrogen) atoms. The second kappa shape index (κ2) is 4.79. The van der Waals surface area contributed by atoms with Gasteiger partial charge in [-0.15, -0.1) is 0 Å². The maximum absolute atomic E-state index is 9.11. The zero-order valence-electron chi connectivity index (χ0n) is 10.3. The lowest BCUT2D eigenvalue weighted by molar-refractivity contribution is 1.04. The highest BCUT2D eigenvalue weighted by molar-refractivity contribution is 7.99. The minimum atomic E-state index is 0.606. The van der Waals surface area contributed by atoms with Crippen LogP contribution in [0.1, 0.15) is 11.3 Å². The van der Waals surface area contributed by atoms with Crippen LogP contribution in [-0.4, -0.2) is 9.97 Å². The van der Waals surface area contributed by atoms with Gasteiger partial charge >= 0.3 is 0 Å². The summed E-state index contributed by atoms with van der Waals surface area (Å²) in [7, 11) is 0. The smallest absolute Gasteiger partial charge is 0.120 e. The molecule has 3 aromatic rings. The number of nitrogens with zero attached hydrogens (tertiary/aromatic N) is 2. The first-order valence-corrected chi connectivity index (χ1v) is 6.71. The summed E-state index contributed by atoms with van der Waals surface area (Å²) in [6, 6.07) is 16.0. The zero-order chi connectivity index (χ0) is 13.2. The third-order valence-corrected chi connectivity index (χ3v) is 3.78. The van der Waals surface area contributed by atoms with Gasteiger partial charge in [0.1, 0.15) is 11.1 Å². The minimum absolute atomic E-state index is 0.606. The molecule has 92 valence electrons. The Labute approximate surface area is 115 Å². The Morgan fingerprint density at radius 3 is 2.84 bits per heavy atom. The first-order chi connectivity index (χ1) is 9.26. The quantitative estimate of drug-likeness (QED) is 0.764. The predicted molar refractivity (Wildman–Crippen MR) is 76.1 cm³/mol. The lowest BCUT2D eigenvalue weighted by Gasteiger charge is -2.02. The Bertz CT molecular complexity index is 750. The van der Waals surface area contributed by atoms with Crippen molar-refractivity contribution >= 4 is 22.7 Å². The zero-order valence-corrected chi connectivity index (χ0v) is 11.2. The maximum Gasteiger partial charge on any atom is 0.120 e. The van der Waals surface area contributed by atoms with Crippen LogP contribution < -0.4 is 0 Å². The molecule has 2 heterocycles. The van der Waals surface area contributed by atoms with Crippen molar-refractivity contribution in [3.63, 3.8) is 0 Å². The van der Waals surface area contributed by atoms with E-state index in [0.717, 1.165) is 26.6 Å². The van der Waals surface area contributed by atoms with Crippen molar-refractivity contribution in [2.45, 2.75) is 17.0 Å². The van der Waals surface area contributed by atoms with Crippen molar-refractivity contribution in [1.29, 1.82) is 5.26 Å². The van der Waals surface area contributed by atoms with Crippen molar-refractivity contribution in [1.82, 2.24) is 9.97 Å². The van der Waals surface area contributed by atoms with E-state index in [1.165, 1.54) is 11.8 Å². The molecule has 0 aliphatic heterocycles. The van der Waals surface area contributed by atoms with Crippen molar-refractivity contribution in [2.75, 3.05) is 0 Å². The molecule has 3 rings (SSSR count). The number of rotatable bonds is 2. The Balaban J connectivity index is 2.01. The average molecular weight is 265 g/mol. The molecule has 0 saturated heterocycles. The summed E-state index contributed by atoms with van der Waals surface area (Å²) in [6.45, 7) is 1.93. The van der Waals surface area contributed by atoms with Crippen LogP contribution >= 0.6 is 11.8 Å².